The predicted octanol–water partition coefficient (Wildman–Crippen LogP) is 2.36. The second kappa shape index (κ2) is 7.24. The smallest absolute Gasteiger partial charge is 0.230 e. The molecule has 1 aromatic rings. The summed E-state index contributed by atoms with van der Waals surface area (Å²) in [5, 5.41) is 21.2. The van der Waals surface area contributed by atoms with Crippen LogP contribution in [0.25, 0.3) is 0 Å². The number of aliphatic hydroxyl groups is 1. The highest BCUT2D eigenvalue weighted by molar-refractivity contribution is 5.87. The van der Waals surface area contributed by atoms with E-state index in [0.717, 1.165) is 5.56 Å². The molecule has 114 valence electrons. The third-order valence-electron chi connectivity index (χ3n) is 3.64. The molecular weight excluding hydrogens is 264 g/mol. The van der Waals surface area contributed by atoms with E-state index in [9.17, 15) is 9.90 Å². The van der Waals surface area contributed by atoms with Crippen molar-refractivity contribution >= 4 is 5.91 Å². The Morgan fingerprint density at radius 1 is 1.43 bits per heavy atom. The molecule has 2 unspecified atom stereocenters. The Morgan fingerprint density at radius 2 is 2.10 bits per heavy atom. The molecule has 0 aliphatic carbocycles. The molecule has 0 saturated heterocycles. The minimum Gasteiger partial charge on any atom is -0.393 e. The minimum absolute atomic E-state index is 0.0740. The van der Waals surface area contributed by atoms with Crippen molar-refractivity contribution in [3.8, 4) is 6.07 Å². The van der Waals surface area contributed by atoms with E-state index in [1.807, 2.05) is 26.8 Å². The van der Waals surface area contributed by atoms with Crippen LogP contribution < -0.4 is 5.32 Å². The number of carbonyl (C=O) groups is 1. The quantitative estimate of drug-likeness (QED) is 0.844. The number of nitrogens with one attached hydrogen (secondary N) is 1. The Labute approximate surface area is 126 Å². The lowest BCUT2D eigenvalue weighted by atomic mass is 9.83. The van der Waals surface area contributed by atoms with E-state index < -0.39 is 5.41 Å². The molecule has 0 spiro atoms. The number of rotatable bonds is 6. The summed E-state index contributed by atoms with van der Waals surface area (Å²) in [7, 11) is 0. The zero-order valence-electron chi connectivity index (χ0n) is 13.2. The fourth-order valence-electron chi connectivity index (χ4n) is 2.26. The molecule has 0 saturated carbocycles. The van der Waals surface area contributed by atoms with Gasteiger partial charge in [0, 0.05) is 6.54 Å². The van der Waals surface area contributed by atoms with Gasteiger partial charge >= 0.3 is 0 Å². The molecule has 0 aromatic heterocycles. The molecule has 0 heterocycles. The molecule has 4 nitrogen and oxygen atoms in total. The first-order chi connectivity index (χ1) is 9.77. The molecule has 1 aromatic carbocycles. The van der Waals surface area contributed by atoms with Crippen LogP contribution in [-0.4, -0.2) is 23.7 Å². The second-order valence-corrected chi connectivity index (χ2v) is 6.22. The van der Waals surface area contributed by atoms with Crippen LogP contribution in [0.15, 0.2) is 24.3 Å². The number of nitriles is 1. The molecule has 0 fully saturated rings. The number of carbonyl (C=O) groups excluding carboxylic acids is 1. The van der Waals surface area contributed by atoms with Crippen molar-refractivity contribution in [3.63, 3.8) is 0 Å². The number of amides is 1. The molecular formula is C17H24N2O2. The zero-order chi connectivity index (χ0) is 16.0. The summed E-state index contributed by atoms with van der Waals surface area (Å²) in [6.45, 7) is 7.97. The van der Waals surface area contributed by atoms with E-state index in [1.165, 1.54) is 0 Å². The average Bonchev–Trinajstić information content (AvgIpc) is 2.44. The Balaban J connectivity index is 2.73. The highest BCUT2D eigenvalue weighted by atomic mass is 16.3. The number of nitrogens with zero attached hydrogens (tertiary/aromatic N) is 1. The van der Waals surface area contributed by atoms with E-state index in [1.54, 1.807) is 25.1 Å². The summed E-state index contributed by atoms with van der Waals surface area (Å²) in [4.78, 5) is 12.4. The average molecular weight is 288 g/mol. The van der Waals surface area contributed by atoms with Crippen LogP contribution in [0.1, 0.15) is 45.2 Å². The Hall–Kier alpha value is -1.86. The zero-order valence-corrected chi connectivity index (χ0v) is 13.2. The Bertz CT molecular complexity index is 530. The van der Waals surface area contributed by atoms with E-state index in [4.69, 9.17) is 5.26 Å². The number of benzene rings is 1. The largest absolute Gasteiger partial charge is 0.393 e. The standard InChI is InChI=1S/C17H24N2O2/c1-12(8-13(2)20)11-19-16(21)17(3,4)15-7-5-6-14(9-15)10-18/h5-7,9,12-13,20H,8,11H2,1-4H3,(H,19,21). The van der Waals surface area contributed by atoms with Gasteiger partial charge in [0.1, 0.15) is 0 Å². The number of aliphatic hydroxyl groups excluding tert-OH is 1. The normalized spacial score (nSPS) is 14.1. The van der Waals surface area contributed by atoms with Gasteiger partial charge in [-0.05, 0) is 50.8 Å². The van der Waals surface area contributed by atoms with Gasteiger partial charge in [0.2, 0.25) is 5.91 Å². The van der Waals surface area contributed by atoms with Crippen LogP contribution in [-0.2, 0) is 10.2 Å². The predicted molar refractivity (Wildman–Crippen MR) is 82.7 cm³/mol. The maximum absolute atomic E-state index is 12.4. The Kier molecular flexibility index (Phi) is 5.92. The Morgan fingerprint density at radius 3 is 2.67 bits per heavy atom. The van der Waals surface area contributed by atoms with E-state index in [2.05, 4.69) is 11.4 Å². The maximum atomic E-state index is 12.4. The summed E-state index contributed by atoms with van der Waals surface area (Å²) in [5.74, 6) is 0.144. The van der Waals surface area contributed by atoms with Crippen LogP contribution in [0.4, 0.5) is 0 Å². The van der Waals surface area contributed by atoms with Gasteiger partial charge in [0.15, 0.2) is 0 Å². The molecule has 0 aliphatic rings. The van der Waals surface area contributed by atoms with Crippen molar-refractivity contribution in [2.75, 3.05) is 6.54 Å². The summed E-state index contributed by atoms with van der Waals surface area (Å²) in [5.41, 5.74) is 0.676. The maximum Gasteiger partial charge on any atom is 0.230 e. The van der Waals surface area contributed by atoms with E-state index in [0.29, 0.717) is 18.5 Å². The van der Waals surface area contributed by atoms with Crippen molar-refractivity contribution in [2.24, 2.45) is 5.92 Å². The molecule has 0 radical (unpaired) electrons. The third kappa shape index (κ3) is 4.87. The lowest BCUT2D eigenvalue weighted by Crippen LogP contribution is -2.42. The fraction of sp³-hybridized carbons (Fsp3) is 0.529. The van der Waals surface area contributed by atoms with Crippen molar-refractivity contribution < 1.29 is 9.90 Å². The van der Waals surface area contributed by atoms with E-state index >= 15 is 0 Å². The highest BCUT2D eigenvalue weighted by Gasteiger charge is 2.30. The first-order valence-electron chi connectivity index (χ1n) is 7.24. The molecule has 0 aliphatic heterocycles. The van der Waals surface area contributed by atoms with Gasteiger partial charge < -0.3 is 10.4 Å². The fourth-order valence-corrected chi connectivity index (χ4v) is 2.26. The lowest BCUT2D eigenvalue weighted by Gasteiger charge is -2.25. The van der Waals surface area contributed by atoms with Gasteiger partial charge in [0.25, 0.3) is 0 Å². The topological polar surface area (TPSA) is 73.1 Å². The number of hydrogen-bond acceptors (Lipinski definition) is 3. The molecule has 1 amide bonds. The SMILES string of the molecule is CC(O)CC(C)CNC(=O)C(C)(C)c1cccc(C#N)c1. The first-order valence-corrected chi connectivity index (χ1v) is 7.24. The monoisotopic (exact) mass is 288 g/mol. The summed E-state index contributed by atoms with van der Waals surface area (Å²) in [6, 6.07) is 9.22. The first kappa shape index (κ1) is 17.2. The van der Waals surface area contributed by atoms with Crippen LogP contribution in [0, 0.1) is 17.2 Å². The molecule has 1 rings (SSSR count). The van der Waals surface area contributed by atoms with Gasteiger partial charge in [-0.3, -0.25) is 4.79 Å². The molecule has 2 atom stereocenters. The van der Waals surface area contributed by atoms with Crippen molar-refractivity contribution in [2.45, 2.75) is 45.6 Å². The lowest BCUT2D eigenvalue weighted by molar-refractivity contribution is -0.125. The summed E-state index contributed by atoms with van der Waals surface area (Å²) in [6.07, 6.45) is 0.294. The second-order valence-electron chi connectivity index (χ2n) is 6.22. The van der Waals surface area contributed by atoms with Gasteiger partial charge in [-0.1, -0.05) is 19.1 Å². The van der Waals surface area contributed by atoms with Crippen molar-refractivity contribution in [1.29, 1.82) is 5.26 Å². The molecule has 0 bridgehead atoms. The van der Waals surface area contributed by atoms with Gasteiger partial charge in [-0.15, -0.1) is 0 Å². The summed E-state index contributed by atoms with van der Waals surface area (Å²) < 4.78 is 0. The molecule has 4 heteroatoms. The van der Waals surface area contributed by atoms with Crippen LogP contribution >= 0.6 is 0 Å². The molecule has 21 heavy (non-hydrogen) atoms. The number of hydrogen-bond donors (Lipinski definition) is 2. The van der Waals surface area contributed by atoms with Crippen LogP contribution in [0.2, 0.25) is 0 Å². The van der Waals surface area contributed by atoms with Crippen molar-refractivity contribution in [1.82, 2.24) is 5.32 Å². The van der Waals surface area contributed by atoms with E-state index in [-0.39, 0.29) is 17.9 Å². The highest BCUT2D eigenvalue weighted by Crippen LogP contribution is 2.24. The van der Waals surface area contributed by atoms with Gasteiger partial charge in [0.05, 0.1) is 23.2 Å². The van der Waals surface area contributed by atoms with Gasteiger partial charge in [-0.2, -0.15) is 5.26 Å². The van der Waals surface area contributed by atoms with Gasteiger partial charge in [-0.25, -0.2) is 0 Å². The molecule has 2 N–H and O–H groups in total. The van der Waals surface area contributed by atoms with Crippen molar-refractivity contribution in [3.05, 3.63) is 35.4 Å². The minimum atomic E-state index is -0.697. The van der Waals surface area contributed by atoms with Crippen LogP contribution in [0.5, 0.6) is 0 Å². The van der Waals surface area contributed by atoms with Crippen LogP contribution in [0.3, 0.4) is 0 Å². The summed E-state index contributed by atoms with van der Waals surface area (Å²) >= 11 is 0. The third-order valence-corrected chi connectivity index (χ3v) is 3.64.